The number of rotatable bonds is 6. The average molecular weight is 187 g/mol. The Morgan fingerprint density at radius 3 is 2.92 bits per heavy atom. The normalized spacial score (nSPS) is 24.0. The summed E-state index contributed by atoms with van der Waals surface area (Å²) in [6, 6.07) is 0. The van der Waals surface area contributed by atoms with Crippen LogP contribution < -0.4 is 0 Å². The zero-order valence-electron chi connectivity index (χ0n) is 8.54. The van der Waals surface area contributed by atoms with E-state index in [0.29, 0.717) is 12.5 Å². The van der Waals surface area contributed by atoms with Crippen LogP contribution in [0.1, 0.15) is 19.8 Å². The Labute approximate surface area is 80.7 Å². The molecule has 13 heavy (non-hydrogen) atoms. The van der Waals surface area contributed by atoms with Crippen LogP contribution in [0.5, 0.6) is 0 Å². The van der Waals surface area contributed by atoms with Crippen LogP contribution >= 0.6 is 0 Å². The molecule has 1 heterocycles. The molecule has 1 saturated heterocycles. The fraction of sp³-hybridized carbons (Fsp3) is 1.00. The van der Waals surface area contributed by atoms with E-state index < -0.39 is 0 Å². The van der Waals surface area contributed by atoms with Crippen molar-refractivity contribution in [1.82, 2.24) is 4.90 Å². The molecule has 0 bridgehead atoms. The van der Waals surface area contributed by atoms with Crippen molar-refractivity contribution < 1.29 is 9.84 Å². The minimum absolute atomic E-state index is 0.340. The summed E-state index contributed by atoms with van der Waals surface area (Å²) in [7, 11) is 0. The van der Waals surface area contributed by atoms with Gasteiger partial charge in [-0.3, -0.25) is 0 Å². The van der Waals surface area contributed by atoms with Gasteiger partial charge in [0.15, 0.2) is 0 Å². The van der Waals surface area contributed by atoms with Gasteiger partial charge in [-0.2, -0.15) is 0 Å². The molecule has 0 spiro atoms. The Kier molecular flexibility index (Phi) is 5.35. The van der Waals surface area contributed by atoms with Crippen molar-refractivity contribution in [3.63, 3.8) is 0 Å². The highest BCUT2D eigenvalue weighted by atomic mass is 16.5. The Hall–Kier alpha value is -0.120. The number of hydrogen-bond donors (Lipinski definition) is 1. The minimum Gasteiger partial charge on any atom is -0.396 e. The first-order chi connectivity index (χ1) is 6.36. The SMILES string of the molecule is CCCOCCN1CCC(CO)C1. The van der Waals surface area contributed by atoms with E-state index in [1.807, 2.05) is 0 Å². The topological polar surface area (TPSA) is 32.7 Å². The number of nitrogens with zero attached hydrogens (tertiary/aromatic N) is 1. The van der Waals surface area contributed by atoms with E-state index in [2.05, 4.69) is 11.8 Å². The molecule has 0 aromatic heterocycles. The number of aliphatic hydroxyl groups is 1. The van der Waals surface area contributed by atoms with Crippen molar-refractivity contribution in [1.29, 1.82) is 0 Å². The fourth-order valence-electron chi connectivity index (χ4n) is 1.71. The maximum absolute atomic E-state index is 8.94. The lowest BCUT2D eigenvalue weighted by Gasteiger charge is -2.14. The number of aliphatic hydroxyl groups excluding tert-OH is 1. The van der Waals surface area contributed by atoms with Crippen LogP contribution in [0.2, 0.25) is 0 Å². The van der Waals surface area contributed by atoms with Gasteiger partial charge >= 0.3 is 0 Å². The van der Waals surface area contributed by atoms with Crippen molar-refractivity contribution in [2.45, 2.75) is 19.8 Å². The van der Waals surface area contributed by atoms with Crippen molar-refractivity contribution in [3.8, 4) is 0 Å². The van der Waals surface area contributed by atoms with Gasteiger partial charge in [-0.05, 0) is 25.3 Å². The minimum atomic E-state index is 0.340. The van der Waals surface area contributed by atoms with E-state index in [9.17, 15) is 0 Å². The molecule has 0 radical (unpaired) electrons. The summed E-state index contributed by atoms with van der Waals surface area (Å²) in [6.45, 7) is 7.37. The second-order valence-corrected chi connectivity index (χ2v) is 3.75. The second kappa shape index (κ2) is 6.35. The van der Waals surface area contributed by atoms with Gasteiger partial charge in [0, 0.05) is 26.3 Å². The molecule has 1 unspecified atom stereocenters. The van der Waals surface area contributed by atoms with Crippen LogP contribution in [-0.2, 0) is 4.74 Å². The van der Waals surface area contributed by atoms with E-state index in [1.54, 1.807) is 0 Å². The molecule has 0 aromatic rings. The molecule has 3 heteroatoms. The zero-order valence-corrected chi connectivity index (χ0v) is 8.54. The fourth-order valence-corrected chi connectivity index (χ4v) is 1.71. The molecule has 1 aliphatic heterocycles. The summed E-state index contributed by atoms with van der Waals surface area (Å²) >= 11 is 0. The van der Waals surface area contributed by atoms with Gasteiger partial charge in [0.1, 0.15) is 0 Å². The van der Waals surface area contributed by atoms with Gasteiger partial charge in [-0.1, -0.05) is 6.92 Å². The maximum Gasteiger partial charge on any atom is 0.0593 e. The highest BCUT2D eigenvalue weighted by Crippen LogP contribution is 2.14. The Morgan fingerprint density at radius 2 is 2.31 bits per heavy atom. The summed E-state index contributed by atoms with van der Waals surface area (Å²) in [5.41, 5.74) is 0. The molecule has 3 nitrogen and oxygen atoms in total. The first-order valence-electron chi connectivity index (χ1n) is 5.27. The summed E-state index contributed by atoms with van der Waals surface area (Å²) in [5.74, 6) is 0.506. The van der Waals surface area contributed by atoms with Crippen molar-refractivity contribution in [2.75, 3.05) is 39.5 Å². The van der Waals surface area contributed by atoms with Crippen molar-refractivity contribution in [3.05, 3.63) is 0 Å². The summed E-state index contributed by atoms with van der Waals surface area (Å²) in [4.78, 5) is 2.37. The molecule has 1 N–H and O–H groups in total. The average Bonchev–Trinajstić information content (AvgIpc) is 2.60. The van der Waals surface area contributed by atoms with Crippen molar-refractivity contribution in [2.24, 2.45) is 5.92 Å². The predicted octanol–water partition coefficient (Wildman–Crippen LogP) is 0.727. The van der Waals surface area contributed by atoms with Gasteiger partial charge in [0.05, 0.1) is 6.61 Å². The Balaban J connectivity index is 1.97. The van der Waals surface area contributed by atoms with Crippen molar-refractivity contribution >= 4 is 0 Å². The van der Waals surface area contributed by atoms with E-state index in [0.717, 1.165) is 45.7 Å². The highest BCUT2D eigenvalue weighted by Gasteiger charge is 2.20. The standard InChI is InChI=1S/C10H21NO2/c1-2-6-13-7-5-11-4-3-10(8-11)9-12/h10,12H,2-9H2,1H3. The first kappa shape index (κ1) is 11.0. The van der Waals surface area contributed by atoms with E-state index in [1.165, 1.54) is 0 Å². The number of likely N-dealkylation sites (tertiary alicyclic amines) is 1. The summed E-state index contributed by atoms with van der Waals surface area (Å²) in [6.07, 6.45) is 2.24. The Morgan fingerprint density at radius 1 is 1.46 bits per heavy atom. The molecule has 1 fully saturated rings. The van der Waals surface area contributed by atoms with Gasteiger partial charge in [0.25, 0.3) is 0 Å². The van der Waals surface area contributed by atoms with Crippen LogP contribution in [-0.4, -0.2) is 49.5 Å². The van der Waals surface area contributed by atoms with Crippen LogP contribution in [0.3, 0.4) is 0 Å². The number of hydrogen-bond acceptors (Lipinski definition) is 3. The smallest absolute Gasteiger partial charge is 0.0593 e. The van der Waals surface area contributed by atoms with Crippen LogP contribution in [0, 0.1) is 5.92 Å². The molecular formula is C10H21NO2. The van der Waals surface area contributed by atoms with Gasteiger partial charge in [-0.15, -0.1) is 0 Å². The predicted molar refractivity (Wildman–Crippen MR) is 52.7 cm³/mol. The molecule has 0 saturated carbocycles. The van der Waals surface area contributed by atoms with Crippen LogP contribution in [0.25, 0.3) is 0 Å². The first-order valence-corrected chi connectivity index (χ1v) is 5.27. The third-order valence-corrected chi connectivity index (χ3v) is 2.53. The van der Waals surface area contributed by atoms with E-state index in [4.69, 9.17) is 9.84 Å². The molecule has 1 atom stereocenters. The quantitative estimate of drug-likeness (QED) is 0.622. The van der Waals surface area contributed by atoms with Crippen LogP contribution in [0.15, 0.2) is 0 Å². The lowest BCUT2D eigenvalue weighted by molar-refractivity contribution is 0.109. The van der Waals surface area contributed by atoms with Gasteiger partial charge in [-0.25, -0.2) is 0 Å². The van der Waals surface area contributed by atoms with Crippen LogP contribution in [0.4, 0.5) is 0 Å². The van der Waals surface area contributed by atoms with E-state index in [-0.39, 0.29) is 0 Å². The molecule has 1 aliphatic rings. The monoisotopic (exact) mass is 187 g/mol. The van der Waals surface area contributed by atoms with E-state index >= 15 is 0 Å². The lowest BCUT2D eigenvalue weighted by atomic mass is 10.1. The largest absolute Gasteiger partial charge is 0.396 e. The molecule has 0 amide bonds. The summed E-state index contributed by atoms with van der Waals surface area (Å²) < 4.78 is 5.41. The molecule has 0 aliphatic carbocycles. The molecule has 78 valence electrons. The highest BCUT2D eigenvalue weighted by molar-refractivity contribution is 4.74. The maximum atomic E-state index is 8.94. The summed E-state index contributed by atoms with van der Waals surface area (Å²) in [5, 5.41) is 8.94. The third-order valence-electron chi connectivity index (χ3n) is 2.53. The lowest BCUT2D eigenvalue weighted by Crippen LogP contribution is -2.25. The molecular weight excluding hydrogens is 166 g/mol. The van der Waals surface area contributed by atoms with Gasteiger partial charge < -0.3 is 14.7 Å². The molecule has 1 rings (SSSR count). The molecule has 0 aromatic carbocycles. The number of ether oxygens (including phenoxy) is 1. The second-order valence-electron chi connectivity index (χ2n) is 3.75. The zero-order chi connectivity index (χ0) is 9.52. The van der Waals surface area contributed by atoms with Gasteiger partial charge in [0.2, 0.25) is 0 Å². The third kappa shape index (κ3) is 4.07. The Bertz CT molecular complexity index is 130.